The molecule has 1 aliphatic rings. The largest absolute Gasteiger partial charge is 0.508 e. The van der Waals surface area contributed by atoms with Crippen LogP contribution in [-0.2, 0) is 16.1 Å². The number of phenolic OH excluding ortho intramolecular Hbond substituents is 1. The van der Waals surface area contributed by atoms with Gasteiger partial charge in [-0.25, -0.2) is 4.39 Å². The average Bonchev–Trinajstić information content (AvgIpc) is 3.41. The van der Waals surface area contributed by atoms with Crippen LogP contribution in [0, 0.1) is 5.82 Å². The van der Waals surface area contributed by atoms with Crippen LogP contribution < -0.4 is 10.2 Å². The number of hydrogen-bond acceptors (Lipinski definition) is 6. The number of halogens is 2. The molecule has 3 aromatic carbocycles. The van der Waals surface area contributed by atoms with E-state index in [1.807, 2.05) is 0 Å². The van der Waals surface area contributed by atoms with Gasteiger partial charge in [-0.1, -0.05) is 49.1 Å². The van der Waals surface area contributed by atoms with Gasteiger partial charge in [-0.2, -0.15) is 4.80 Å². The molecule has 2 amide bonds. The quantitative estimate of drug-likeness (QED) is 0.310. The van der Waals surface area contributed by atoms with Gasteiger partial charge in [0.1, 0.15) is 24.2 Å². The molecule has 1 saturated carbocycles. The van der Waals surface area contributed by atoms with Crippen molar-refractivity contribution in [3.8, 4) is 17.1 Å². The highest BCUT2D eigenvalue weighted by atomic mass is 35.5. The van der Waals surface area contributed by atoms with Crippen molar-refractivity contribution in [1.29, 1.82) is 0 Å². The van der Waals surface area contributed by atoms with Crippen molar-refractivity contribution in [2.24, 2.45) is 0 Å². The Morgan fingerprint density at radius 3 is 2.48 bits per heavy atom. The number of anilines is 1. The average molecular weight is 563 g/mol. The molecular weight excluding hydrogens is 535 g/mol. The number of carbonyl (C=O) groups is 2. The Hall–Kier alpha value is -4.31. The molecule has 40 heavy (non-hydrogen) atoms. The van der Waals surface area contributed by atoms with Gasteiger partial charge < -0.3 is 10.4 Å². The highest BCUT2D eigenvalue weighted by molar-refractivity contribution is 6.30. The number of aromatic hydroxyl groups is 1. The van der Waals surface area contributed by atoms with Crippen molar-refractivity contribution in [1.82, 2.24) is 25.5 Å². The van der Waals surface area contributed by atoms with Crippen LogP contribution in [0.15, 0.2) is 72.8 Å². The van der Waals surface area contributed by atoms with Crippen molar-refractivity contribution in [2.45, 2.75) is 50.7 Å². The first-order valence-electron chi connectivity index (χ1n) is 13.1. The predicted molar refractivity (Wildman–Crippen MR) is 148 cm³/mol. The predicted octanol–water partition coefficient (Wildman–Crippen LogP) is 5.06. The topological polar surface area (TPSA) is 113 Å². The zero-order valence-corrected chi connectivity index (χ0v) is 22.3. The first-order valence-corrected chi connectivity index (χ1v) is 13.5. The Balaban J connectivity index is 1.50. The van der Waals surface area contributed by atoms with Gasteiger partial charge in [-0.05, 0) is 78.2 Å². The van der Waals surface area contributed by atoms with Crippen LogP contribution in [0.2, 0.25) is 5.02 Å². The molecule has 9 nitrogen and oxygen atoms in total. The number of tetrazole rings is 1. The molecule has 1 aromatic heterocycles. The van der Waals surface area contributed by atoms with Crippen molar-refractivity contribution >= 4 is 29.1 Å². The molecule has 2 N–H and O–H groups in total. The minimum atomic E-state index is -1.14. The van der Waals surface area contributed by atoms with Gasteiger partial charge in [0.2, 0.25) is 11.7 Å². The van der Waals surface area contributed by atoms with Crippen LogP contribution in [0.25, 0.3) is 11.4 Å². The smallest absolute Gasteiger partial charge is 0.251 e. The number of nitrogens with zero attached hydrogens (tertiary/aromatic N) is 5. The maximum Gasteiger partial charge on any atom is 0.251 e. The van der Waals surface area contributed by atoms with Crippen LogP contribution in [0.1, 0.15) is 43.7 Å². The van der Waals surface area contributed by atoms with E-state index in [1.165, 1.54) is 35.2 Å². The minimum absolute atomic E-state index is 0.0142. The molecule has 1 heterocycles. The van der Waals surface area contributed by atoms with Gasteiger partial charge in [-0.3, -0.25) is 14.5 Å². The number of rotatable bonds is 8. The third-order valence-corrected chi connectivity index (χ3v) is 7.11. The fraction of sp³-hybridized carbons (Fsp3) is 0.276. The zero-order valence-electron chi connectivity index (χ0n) is 21.6. The lowest BCUT2D eigenvalue weighted by molar-refractivity contribution is -0.127. The molecule has 5 rings (SSSR count). The molecule has 4 aromatic rings. The fourth-order valence-electron chi connectivity index (χ4n) is 4.89. The SMILES string of the molecule is O=C(NC1CCCCC1)C(c1ccc(O)cc1)N(C(=O)Cn1nnc(-c2ccc(Cl)cc2)n1)c1cccc(F)c1. The maximum atomic E-state index is 14.4. The van der Waals surface area contributed by atoms with Gasteiger partial charge in [0, 0.05) is 22.3 Å². The number of aromatic nitrogens is 4. The van der Waals surface area contributed by atoms with Crippen LogP contribution in [0.4, 0.5) is 10.1 Å². The summed E-state index contributed by atoms with van der Waals surface area (Å²) in [6.45, 7) is -0.359. The Bertz CT molecular complexity index is 1470. The summed E-state index contributed by atoms with van der Waals surface area (Å²) in [5, 5.41) is 25.9. The molecule has 1 aliphatic carbocycles. The monoisotopic (exact) mass is 562 g/mol. The number of carbonyl (C=O) groups excluding carboxylic acids is 2. The van der Waals surface area contributed by atoms with Crippen LogP contribution in [-0.4, -0.2) is 43.2 Å². The molecule has 1 unspecified atom stereocenters. The number of amides is 2. The molecule has 1 atom stereocenters. The third kappa shape index (κ3) is 6.45. The summed E-state index contributed by atoms with van der Waals surface area (Å²) in [6.07, 6.45) is 4.83. The van der Waals surface area contributed by atoms with Crippen molar-refractivity contribution in [3.05, 3.63) is 89.2 Å². The first-order chi connectivity index (χ1) is 19.4. The van der Waals surface area contributed by atoms with E-state index in [-0.39, 0.29) is 24.0 Å². The van der Waals surface area contributed by atoms with Gasteiger partial charge in [0.15, 0.2) is 0 Å². The Kier molecular flexibility index (Phi) is 8.35. The lowest BCUT2D eigenvalue weighted by Gasteiger charge is -2.33. The second-order valence-electron chi connectivity index (χ2n) is 9.73. The second kappa shape index (κ2) is 12.3. The molecule has 0 radical (unpaired) electrons. The maximum absolute atomic E-state index is 14.4. The van der Waals surface area contributed by atoms with Crippen LogP contribution >= 0.6 is 11.6 Å². The Labute approximate surface area is 235 Å². The van der Waals surface area contributed by atoms with Crippen LogP contribution in [0.5, 0.6) is 5.75 Å². The lowest BCUT2D eigenvalue weighted by atomic mass is 9.94. The van der Waals surface area contributed by atoms with E-state index < -0.39 is 23.7 Å². The zero-order chi connectivity index (χ0) is 28.1. The van der Waals surface area contributed by atoms with Gasteiger partial charge >= 0.3 is 0 Å². The molecule has 0 aliphatic heterocycles. The highest BCUT2D eigenvalue weighted by Crippen LogP contribution is 2.31. The van der Waals surface area contributed by atoms with Crippen molar-refractivity contribution < 1.29 is 19.1 Å². The molecule has 1 fully saturated rings. The van der Waals surface area contributed by atoms with Crippen molar-refractivity contribution in [2.75, 3.05) is 4.90 Å². The van der Waals surface area contributed by atoms with E-state index in [0.717, 1.165) is 36.9 Å². The van der Waals surface area contributed by atoms with E-state index in [0.29, 0.717) is 22.0 Å². The molecule has 0 saturated heterocycles. The molecule has 0 spiro atoms. The number of hydrogen-bond donors (Lipinski definition) is 2. The van der Waals surface area contributed by atoms with Crippen molar-refractivity contribution in [3.63, 3.8) is 0 Å². The highest BCUT2D eigenvalue weighted by Gasteiger charge is 2.34. The van der Waals surface area contributed by atoms with E-state index >= 15 is 0 Å². The number of nitrogens with one attached hydrogen (secondary N) is 1. The van der Waals surface area contributed by atoms with E-state index in [9.17, 15) is 19.1 Å². The van der Waals surface area contributed by atoms with E-state index in [4.69, 9.17) is 11.6 Å². The second-order valence-corrected chi connectivity index (χ2v) is 10.2. The number of benzene rings is 3. The standard InChI is InChI=1S/C29H28ClFN6O3/c30-21-13-9-20(10-14-21)28-33-35-36(34-28)18-26(39)37(24-8-4-5-22(31)17-24)27(19-11-15-25(38)16-12-19)29(40)32-23-6-2-1-3-7-23/h4-5,8-17,23,27,38H,1-3,6-7,18H2,(H,32,40). The van der Waals surface area contributed by atoms with Gasteiger partial charge in [-0.15, -0.1) is 10.2 Å². The number of phenols is 1. The molecular formula is C29H28ClFN6O3. The summed E-state index contributed by atoms with van der Waals surface area (Å²) in [7, 11) is 0. The fourth-order valence-corrected chi connectivity index (χ4v) is 5.01. The van der Waals surface area contributed by atoms with Gasteiger partial charge in [0.05, 0.1) is 0 Å². The first kappa shape index (κ1) is 27.3. The molecule has 0 bridgehead atoms. The van der Waals surface area contributed by atoms with Crippen LogP contribution in [0.3, 0.4) is 0 Å². The van der Waals surface area contributed by atoms with Gasteiger partial charge in [0.25, 0.3) is 5.91 Å². The Morgan fingerprint density at radius 1 is 1.05 bits per heavy atom. The summed E-state index contributed by atoms with van der Waals surface area (Å²) < 4.78 is 14.4. The molecule has 206 valence electrons. The summed E-state index contributed by atoms with van der Waals surface area (Å²) in [6, 6.07) is 17.3. The minimum Gasteiger partial charge on any atom is -0.508 e. The lowest BCUT2D eigenvalue weighted by Crippen LogP contribution is -2.48. The summed E-state index contributed by atoms with van der Waals surface area (Å²) in [4.78, 5) is 30.1. The normalized spacial score (nSPS) is 14.4. The summed E-state index contributed by atoms with van der Waals surface area (Å²) in [5.41, 5.74) is 1.32. The van der Waals surface area contributed by atoms with E-state index in [1.54, 1.807) is 42.5 Å². The Morgan fingerprint density at radius 2 is 1.77 bits per heavy atom. The third-order valence-electron chi connectivity index (χ3n) is 6.85. The summed E-state index contributed by atoms with van der Waals surface area (Å²) in [5.74, 6) is -1.20. The molecule has 11 heteroatoms. The van der Waals surface area contributed by atoms with E-state index in [2.05, 4.69) is 20.7 Å². The summed E-state index contributed by atoms with van der Waals surface area (Å²) >= 11 is 5.97.